The van der Waals surface area contributed by atoms with E-state index in [-0.39, 0.29) is 5.91 Å². The molecule has 4 N–H and O–H groups in total. The van der Waals surface area contributed by atoms with Crippen LogP contribution in [0.3, 0.4) is 0 Å². The summed E-state index contributed by atoms with van der Waals surface area (Å²) in [5, 5.41) is 0. The van der Waals surface area contributed by atoms with Crippen molar-refractivity contribution in [1.29, 1.82) is 0 Å². The van der Waals surface area contributed by atoms with Crippen LogP contribution in [-0.2, 0) is 4.79 Å². The topological polar surface area (TPSA) is 85.2 Å². The lowest BCUT2D eigenvalue weighted by Gasteiger charge is -2.23. The Hall–Kier alpha value is -1.78. The number of aryl methyl sites for hydroxylation is 1. The van der Waals surface area contributed by atoms with Gasteiger partial charge in [-0.2, -0.15) is 0 Å². The molecular weight excluding hydrogens is 216 g/mol. The maximum Gasteiger partial charge on any atom is 0.225 e. The van der Waals surface area contributed by atoms with E-state index in [0.717, 1.165) is 24.3 Å². The van der Waals surface area contributed by atoms with E-state index in [1.54, 1.807) is 6.20 Å². The van der Waals surface area contributed by atoms with Gasteiger partial charge >= 0.3 is 0 Å². The summed E-state index contributed by atoms with van der Waals surface area (Å²) >= 11 is 0. The number of aromatic nitrogens is 1. The normalized spacial score (nSPS) is 24.0. The zero-order valence-electron chi connectivity index (χ0n) is 10.2. The van der Waals surface area contributed by atoms with Gasteiger partial charge in [-0.25, -0.2) is 4.98 Å². The molecule has 1 fully saturated rings. The lowest BCUT2D eigenvalue weighted by molar-refractivity contribution is -0.125. The first-order valence-corrected chi connectivity index (χ1v) is 5.69. The van der Waals surface area contributed by atoms with Crippen LogP contribution in [0.4, 0.5) is 11.5 Å². The van der Waals surface area contributed by atoms with Gasteiger partial charge in [0.15, 0.2) is 0 Å². The van der Waals surface area contributed by atoms with Crippen LogP contribution in [0.15, 0.2) is 12.3 Å². The minimum atomic E-state index is -0.449. The van der Waals surface area contributed by atoms with Crippen LogP contribution in [-0.4, -0.2) is 24.0 Å². The minimum Gasteiger partial charge on any atom is -0.397 e. The van der Waals surface area contributed by atoms with E-state index in [4.69, 9.17) is 11.5 Å². The van der Waals surface area contributed by atoms with Gasteiger partial charge in [0.1, 0.15) is 5.82 Å². The highest BCUT2D eigenvalue weighted by molar-refractivity contribution is 5.82. The minimum absolute atomic E-state index is 0.243. The van der Waals surface area contributed by atoms with Gasteiger partial charge in [-0.15, -0.1) is 0 Å². The number of pyridine rings is 1. The number of carbonyl (C=O) groups is 1. The molecule has 1 atom stereocenters. The van der Waals surface area contributed by atoms with Crippen molar-refractivity contribution in [2.45, 2.75) is 20.3 Å². The van der Waals surface area contributed by atoms with Crippen molar-refractivity contribution in [3.05, 3.63) is 17.8 Å². The highest BCUT2D eigenvalue weighted by Crippen LogP contribution is 2.33. The largest absolute Gasteiger partial charge is 0.397 e. The van der Waals surface area contributed by atoms with Crippen LogP contribution in [0.2, 0.25) is 0 Å². The molecule has 92 valence electrons. The number of anilines is 2. The second kappa shape index (κ2) is 3.91. The highest BCUT2D eigenvalue weighted by Gasteiger charge is 2.39. The SMILES string of the molecule is Cc1cc(N)cnc1N1CCC(C)(C(N)=O)C1. The first kappa shape index (κ1) is 11.7. The van der Waals surface area contributed by atoms with E-state index >= 15 is 0 Å². The van der Waals surface area contributed by atoms with Gasteiger partial charge in [0.2, 0.25) is 5.91 Å². The molecule has 0 radical (unpaired) electrons. The van der Waals surface area contributed by atoms with Crippen LogP contribution in [0.1, 0.15) is 18.9 Å². The van der Waals surface area contributed by atoms with E-state index in [9.17, 15) is 4.79 Å². The summed E-state index contributed by atoms with van der Waals surface area (Å²) in [5.74, 6) is 0.650. The number of nitrogens with two attached hydrogens (primary N) is 2. The Morgan fingerprint density at radius 2 is 2.29 bits per heavy atom. The molecule has 5 nitrogen and oxygen atoms in total. The van der Waals surface area contributed by atoms with Crippen LogP contribution in [0.5, 0.6) is 0 Å². The molecule has 17 heavy (non-hydrogen) atoms. The van der Waals surface area contributed by atoms with E-state index in [1.807, 2.05) is 19.9 Å². The number of nitrogens with zero attached hydrogens (tertiary/aromatic N) is 2. The second-order valence-corrected chi connectivity index (χ2v) is 5.01. The number of carbonyl (C=O) groups excluding carboxylic acids is 1. The summed E-state index contributed by atoms with van der Waals surface area (Å²) in [6.07, 6.45) is 2.41. The van der Waals surface area contributed by atoms with Gasteiger partial charge in [-0.05, 0) is 31.9 Å². The first-order chi connectivity index (χ1) is 7.92. The summed E-state index contributed by atoms with van der Waals surface area (Å²) in [5.41, 5.74) is 12.3. The van der Waals surface area contributed by atoms with Gasteiger partial charge in [0.25, 0.3) is 0 Å². The molecule has 2 heterocycles. The Morgan fingerprint density at radius 3 is 2.82 bits per heavy atom. The monoisotopic (exact) mass is 234 g/mol. The molecule has 0 aromatic carbocycles. The van der Waals surface area contributed by atoms with Gasteiger partial charge < -0.3 is 16.4 Å². The van der Waals surface area contributed by atoms with Gasteiger partial charge in [0.05, 0.1) is 17.3 Å². The van der Waals surface area contributed by atoms with E-state index in [1.165, 1.54) is 0 Å². The smallest absolute Gasteiger partial charge is 0.225 e. The number of hydrogen-bond donors (Lipinski definition) is 2. The quantitative estimate of drug-likeness (QED) is 0.787. The molecule has 0 aliphatic carbocycles. The Balaban J connectivity index is 2.24. The Bertz CT molecular complexity index is 460. The molecule has 1 aliphatic heterocycles. The van der Waals surface area contributed by atoms with Gasteiger partial charge in [-0.3, -0.25) is 4.79 Å². The number of hydrogen-bond acceptors (Lipinski definition) is 4. The molecule has 0 saturated carbocycles. The fourth-order valence-electron chi connectivity index (χ4n) is 2.26. The lowest BCUT2D eigenvalue weighted by atomic mass is 9.89. The van der Waals surface area contributed by atoms with Gasteiger partial charge in [-0.1, -0.05) is 0 Å². The van der Waals surface area contributed by atoms with Crippen LogP contribution >= 0.6 is 0 Å². The summed E-state index contributed by atoms with van der Waals surface area (Å²) in [4.78, 5) is 17.8. The molecular formula is C12H18N4O. The molecule has 2 rings (SSSR count). The first-order valence-electron chi connectivity index (χ1n) is 5.69. The fourth-order valence-corrected chi connectivity index (χ4v) is 2.26. The standard InChI is InChI=1S/C12H18N4O/c1-8-5-9(13)6-15-10(8)16-4-3-12(2,7-16)11(14)17/h5-6H,3-4,7,13H2,1-2H3,(H2,14,17). The Morgan fingerprint density at radius 1 is 1.59 bits per heavy atom. The maximum absolute atomic E-state index is 11.4. The summed E-state index contributed by atoms with van der Waals surface area (Å²) in [7, 11) is 0. The molecule has 0 bridgehead atoms. The van der Waals surface area contributed by atoms with Crippen molar-refractivity contribution in [3.63, 3.8) is 0 Å². The van der Waals surface area contributed by atoms with Crippen molar-refractivity contribution in [3.8, 4) is 0 Å². The van der Waals surface area contributed by atoms with Crippen LogP contribution in [0.25, 0.3) is 0 Å². The van der Waals surface area contributed by atoms with Crippen molar-refractivity contribution in [1.82, 2.24) is 4.98 Å². The van der Waals surface area contributed by atoms with Crippen molar-refractivity contribution in [2.24, 2.45) is 11.1 Å². The zero-order chi connectivity index (χ0) is 12.6. The number of primary amides is 1. The van der Waals surface area contributed by atoms with E-state index in [2.05, 4.69) is 9.88 Å². The van der Waals surface area contributed by atoms with Crippen molar-refractivity contribution < 1.29 is 4.79 Å². The molecule has 1 aliphatic rings. The Kier molecular flexibility index (Phi) is 2.69. The third kappa shape index (κ3) is 2.05. The zero-order valence-corrected chi connectivity index (χ0v) is 10.2. The molecule has 1 saturated heterocycles. The van der Waals surface area contributed by atoms with Crippen molar-refractivity contribution in [2.75, 3.05) is 23.7 Å². The number of amides is 1. The molecule has 5 heteroatoms. The predicted octanol–water partition coefficient (Wildman–Crippen LogP) is 0.674. The molecule has 1 unspecified atom stereocenters. The molecule has 0 spiro atoms. The van der Waals surface area contributed by atoms with Crippen LogP contribution < -0.4 is 16.4 Å². The molecule has 1 aromatic rings. The summed E-state index contributed by atoms with van der Waals surface area (Å²) < 4.78 is 0. The fraction of sp³-hybridized carbons (Fsp3) is 0.500. The third-order valence-electron chi connectivity index (χ3n) is 3.44. The Labute approximate surface area is 101 Å². The lowest BCUT2D eigenvalue weighted by Crippen LogP contribution is -2.37. The average molecular weight is 234 g/mol. The van der Waals surface area contributed by atoms with E-state index in [0.29, 0.717) is 12.2 Å². The average Bonchev–Trinajstić information content (AvgIpc) is 2.62. The molecule has 1 amide bonds. The maximum atomic E-state index is 11.4. The highest BCUT2D eigenvalue weighted by atomic mass is 16.1. The van der Waals surface area contributed by atoms with Crippen LogP contribution in [0, 0.1) is 12.3 Å². The number of nitrogen functional groups attached to an aromatic ring is 1. The number of rotatable bonds is 2. The van der Waals surface area contributed by atoms with Crippen molar-refractivity contribution >= 4 is 17.4 Å². The summed E-state index contributed by atoms with van der Waals surface area (Å²) in [6, 6.07) is 1.89. The summed E-state index contributed by atoms with van der Waals surface area (Å²) in [6.45, 7) is 5.30. The predicted molar refractivity (Wildman–Crippen MR) is 67.5 cm³/mol. The van der Waals surface area contributed by atoms with Gasteiger partial charge in [0, 0.05) is 13.1 Å². The second-order valence-electron chi connectivity index (χ2n) is 5.01. The van der Waals surface area contributed by atoms with E-state index < -0.39 is 5.41 Å². The third-order valence-corrected chi connectivity index (χ3v) is 3.44. The molecule has 1 aromatic heterocycles.